The summed E-state index contributed by atoms with van der Waals surface area (Å²) < 4.78 is 59.6. The van der Waals surface area contributed by atoms with Gasteiger partial charge in [0.25, 0.3) is 6.43 Å². The van der Waals surface area contributed by atoms with E-state index >= 15 is 0 Å². The molecule has 5 nitrogen and oxygen atoms in total. The van der Waals surface area contributed by atoms with E-state index in [-0.39, 0.29) is 0 Å². The first-order valence-electron chi connectivity index (χ1n) is 3.69. The standard InChI is InChI=1S/C7H4F3N3O2S/c8-6(9)5-4(16(12,14)15)1-3(2-11)13-7(5)10/h1,6H,(H2,12,14,15). The van der Waals surface area contributed by atoms with Gasteiger partial charge in [0.05, 0.1) is 10.5 Å². The second kappa shape index (κ2) is 4.07. The molecule has 16 heavy (non-hydrogen) atoms. The Labute approximate surface area is 88.4 Å². The van der Waals surface area contributed by atoms with E-state index in [4.69, 9.17) is 5.26 Å². The third-order valence-corrected chi connectivity index (χ3v) is 2.56. The van der Waals surface area contributed by atoms with Gasteiger partial charge >= 0.3 is 0 Å². The van der Waals surface area contributed by atoms with Crippen LogP contribution in [-0.2, 0) is 10.0 Å². The highest BCUT2D eigenvalue weighted by Crippen LogP contribution is 2.27. The highest BCUT2D eigenvalue weighted by molar-refractivity contribution is 7.89. The van der Waals surface area contributed by atoms with Crippen LogP contribution in [0.25, 0.3) is 0 Å². The number of alkyl halides is 2. The van der Waals surface area contributed by atoms with Crippen molar-refractivity contribution in [3.05, 3.63) is 23.3 Å². The number of hydrogen-bond donors (Lipinski definition) is 1. The van der Waals surface area contributed by atoms with Crippen LogP contribution in [0, 0.1) is 17.3 Å². The number of halogens is 3. The minimum atomic E-state index is -4.54. The summed E-state index contributed by atoms with van der Waals surface area (Å²) in [6, 6.07) is 1.83. The zero-order valence-corrected chi connectivity index (χ0v) is 8.30. The Bertz CT molecular complexity index is 565. The summed E-state index contributed by atoms with van der Waals surface area (Å²) in [4.78, 5) is 1.73. The van der Waals surface area contributed by atoms with Crippen LogP contribution < -0.4 is 5.14 Å². The van der Waals surface area contributed by atoms with Crippen molar-refractivity contribution in [2.45, 2.75) is 11.3 Å². The molecule has 1 rings (SSSR count). The monoisotopic (exact) mass is 251 g/mol. The van der Waals surface area contributed by atoms with E-state index in [1.54, 1.807) is 0 Å². The van der Waals surface area contributed by atoms with Gasteiger partial charge in [0.15, 0.2) is 0 Å². The summed E-state index contributed by atoms with van der Waals surface area (Å²) in [5.74, 6) is -1.72. The first kappa shape index (κ1) is 12.4. The molecule has 2 N–H and O–H groups in total. The zero-order valence-electron chi connectivity index (χ0n) is 7.49. The molecule has 0 aliphatic carbocycles. The van der Waals surface area contributed by atoms with E-state index in [1.165, 1.54) is 6.07 Å². The molecule has 0 spiro atoms. The number of primary sulfonamides is 1. The lowest BCUT2D eigenvalue weighted by atomic mass is 10.2. The van der Waals surface area contributed by atoms with Crippen molar-refractivity contribution in [1.82, 2.24) is 4.98 Å². The van der Waals surface area contributed by atoms with Gasteiger partial charge in [-0.25, -0.2) is 27.3 Å². The van der Waals surface area contributed by atoms with Gasteiger partial charge in [0.2, 0.25) is 16.0 Å². The molecule has 0 aliphatic rings. The molecule has 0 saturated carbocycles. The second-order valence-electron chi connectivity index (χ2n) is 2.67. The fraction of sp³-hybridized carbons (Fsp3) is 0.143. The van der Waals surface area contributed by atoms with E-state index in [2.05, 4.69) is 10.1 Å². The summed E-state index contributed by atoms with van der Waals surface area (Å²) in [6.45, 7) is 0. The number of rotatable bonds is 2. The van der Waals surface area contributed by atoms with Crippen molar-refractivity contribution < 1.29 is 21.6 Å². The number of hydrogen-bond acceptors (Lipinski definition) is 4. The maximum absolute atomic E-state index is 13.0. The Morgan fingerprint density at radius 2 is 2.06 bits per heavy atom. The highest BCUT2D eigenvalue weighted by Gasteiger charge is 2.26. The molecule has 0 saturated heterocycles. The number of nitrogens with zero attached hydrogens (tertiary/aromatic N) is 2. The van der Waals surface area contributed by atoms with Gasteiger partial charge in [0.1, 0.15) is 11.8 Å². The number of sulfonamides is 1. The molecule has 0 amide bonds. The molecule has 0 radical (unpaired) electrons. The van der Waals surface area contributed by atoms with Crippen LogP contribution in [0.5, 0.6) is 0 Å². The molecule has 0 fully saturated rings. The summed E-state index contributed by atoms with van der Waals surface area (Å²) in [6.07, 6.45) is -3.39. The molecule has 9 heteroatoms. The Kier molecular flexibility index (Phi) is 3.16. The fourth-order valence-corrected chi connectivity index (χ4v) is 1.75. The number of nitrogens with two attached hydrogens (primary N) is 1. The predicted octanol–water partition coefficient (Wildman–Crippen LogP) is 0.677. The van der Waals surface area contributed by atoms with Gasteiger partial charge in [-0.1, -0.05) is 0 Å². The minimum absolute atomic E-state index is 0.500. The normalized spacial score (nSPS) is 11.5. The van der Waals surface area contributed by atoms with Crippen LogP contribution in [0.2, 0.25) is 0 Å². The summed E-state index contributed by atoms with van der Waals surface area (Å²) in [5.41, 5.74) is -2.08. The van der Waals surface area contributed by atoms with Gasteiger partial charge in [-0.2, -0.15) is 9.65 Å². The lowest BCUT2D eigenvalue weighted by molar-refractivity contribution is 0.141. The fourth-order valence-electron chi connectivity index (χ4n) is 0.992. The average molecular weight is 251 g/mol. The molecule has 0 aliphatic heterocycles. The lowest BCUT2D eigenvalue weighted by Gasteiger charge is -2.07. The maximum atomic E-state index is 13.0. The SMILES string of the molecule is N#Cc1cc(S(N)(=O)=O)c(C(F)F)c(F)n1. The summed E-state index contributed by atoms with van der Waals surface area (Å²) >= 11 is 0. The zero-order chi connectivity index (χ0) is 12.5. The number of pyridine rings is 1. The molecule has 1 aromatic rings. The van der Waals surface area contributed by atoms with Crippen LogP contribution in [0.4, 0.5) is 13.2 Å². The Balaban J connectivity index is 3.69. The molecular weight excluding hydrogens is 247 g/mol. The smallest absolute Gasteiger partial charge is 0.225 e. The lowest BCUT2D eigenvalue weighted by Crippen LogP contribution is -2.17. The van der Waals surface area contributed by atoms with Crippen molar-refractivity contribution >= 4 is 10.0 Å². The van der Waals surface area contributed by atoms with Crippen LogP contribution in [-0.4, -0.2) is 13.4 Å². The first-order chi connectivity index (χ1) is 7.27. The van der Waals surface area contributed by atoms with Crippen molar-refractivity contribution in [3.8, 4) is 6.07 Å². The Morgan fingerprint density at radius 1 is 1.50 bits per heavy atom. The topological polar surface area (TPSA) is 96.8 Å². The van der Waals surface area contributed by atoms with Crippen molar-refractivity contribution in [3.63, 3.8) is 0 Å². The maximum Gasteiger partial charge on any atom is 0.269 e. The van der Waals surface area contributed by atoms with Gasteiger partial charge in [0, 0.05) is 0 Å². The average Bonchev–Trinajstić information content (AvgIpc) is 2.14. The molecule has 1 aromatic heterocycles. The minimum Gasteiger partial charge on any atom is -0.225 e. The summed E-state index contributed by atoms with van der Waals surface area (Å²) in [7, 11) is -4.54. The van der Waals surface area contributed by atoms with E-state index in [1.807, 2.05) is 0 Å². The third kappa shape index (κ3) is 2.29. The molecular formula is C7H4F3N3O2S. The molecule has 86 valence electrons. The van der Waals surface area contributed by atoms with Gasteiger partial charge in [-0.15, -0.1) is 0 Å². The molecule has 1 heterocycles. The summed E-state index contributed by atoms with van der Waals surface area (Å²) in [5, 5.41) is 13.0. The van der Waals surface area contributed by atoms with Crippen LogP contribution in [0.1, 0.15) is 17.7 Å². The van der Waals surface area contributed by atoms with Gasteiger partial charge < -0.3 is 0 Å². The second-order valence-corrected chi connectivity index (χ2v) is 4.20. The molecule has 0 unspecified atom stereocenters. The van der Waals surface area contributed by atoms with E-state index in [9.17, 15) is 21.6 Å². The molecule has 0 bridgehead atoms. The van der Waals surface area contributed by atoms with Gasteiger partial charge in [-0.05, 0) is 6.07 Å². The molecule has 0 atom stereocenters. The van der Waals surface area contributed by atoms with Crippen molar-refractivity contribution in [2.75, 3.05) is 0 Å². The van der Waals surface area contributed by atoms with E-state index in [0.29, 0.717) is 6.07 Å². The Morgan fingerprint density at radius 3 is 2.44 bits per heavy atom. The predicted molar refractivity (Wildman–Crippen MR) is 45.2 cm³/mol. The molecule has 0 aromatic carbocycles. The van der Waals surface area contributed by atoms with E-state index in [0.717, 1.165) is 0 Å². The number of aromatic nitrogens is 1. The van der Waals surface area contributed by atoms with Crippen LogP contribution >= 0.6 is 0 Å². The Hall–Kier alpha value is -1.66. The third-order valence-electron chi connectivity index (χ3n) is 1.61. The quantitative estimate of drug-likeness (QED) is 0.781. The highest BCUT2D eigenvalue weighted by atomic mass is 32.2. The van der Waals surface area contributed by atoms with Crippen LogP contribution in [0.15, 0.2) is 11.0 Å². The van der Waals surface area contributed by atoms with Crippen molar-refractivity contribution in [2.24, 2.45) is 5.14 Å². The van der Waals surface area contributed by atoms with Crippen LogP contribution in [0.3, 0.4) is 0 Å². The van der Waals surface area contributed by atoms with E-state index < -0.39 is 38.5 Å². The largest absolute Gasteiger partial charge is 0.269 e. The van der Waals surface area contributed by atoms with Crippen molar-refractivity contribution in [1.29, 1.82) is 5.26 Å². The number of nitriles is 1. The first-order valence-corrected chi connectivity index (χ1v) is 5.23. The van der Waals surface area contributed by atoms with Gasteiger partial charge in [-0.3, -0.25) is 0 Å².